The molecule has 91 heavy (non-hydrogen) atoms. The molecule has 3 rings (SSSR count). The van der Waals surface area contributed by atoms with E-state index in [-0.39, 0.29) is 18.9 Å². The van der Waals surface area contributed by atoms with E-state index in [0.29, 0.717) is 12.8 Å². The van der Waals surface area contributed by atoms with Gasteiger partial charge in [0.05, 0.1) is 38.6 Å². The summed E-state index contributed by atoms with van der Waals surface area (Å²) in [5.41, 5.74) is 0. The standard InChI is InChI=1S/C72H129NO18/c1-3-5-7-9-11-13-15-17-18-19-20-21-22-23-24-25-26-27-28-29-30-31-32-33-34-35-36-38-39-41-43-45-47-49-56(77)55(73-60(78)50-48-46-44-42-40-37-16-14-12-10-8-6-4-2)54-86-70-66(84)63(81)68(58(52-75)88-70)91-72-67(85)64(82)69(59(53-76)89-72)90-71-65(83)62(80)61(79)57(51-74)87-71/h8,10,14,16,34-35,39,41,47,49,55-59,61-72,74-77,79-85H,3-7,9,11-13,15,17-33,36-38,40,42-46,48,50-54H2,1-2H3,(H,73,78)/b10-8-,16-14-,35-34+,41-39+,49-47+. The minimum atomic E-state index is -1.99. The van der Waals surface area contributed by atoms with Gasteiger partial charge in [-0.1, -0.05) is 242 Å². The Morgan fingerprint density at radius 1 is 0.396 bits per heavy atom. The Kier molecular flexibility index (Phi) is 48.7. The summed E-state index contributed by atoms with van der Waals surface area (Å²) in [7, 11) is 0. The maximum atomic E-state index is 13.3. The molecule has 3 aliphatic heterocycles. The maximum Gasteiger partial charge on any atom is 0.220 e. The molecule has 19 nitrogen and oxygen atoms in total. The molecule has 0 spiro atoms. The number of aliphatic hydroxyl groups excluding tert-OH is 11. The van der Waals surface area contributed by atoms with Crippen LogP contribution in [-0.4, -0.2) is 193 Å². The second-order valence-corrected chi connectivity index (χ2v) is 25.7. The van der Waals surface area contributed by atoms with Gasteiger partial charge in [-0.05, 0) is 70.6 Å². The number of carbonyl (C=O) groups is 1. The number of rotatable bonds is 55. The Bertz CT molecular complexity index is 1890. The summed E-state index contributed by atoms with van der Waals surface area (Å²) in [4.78, 5) is 13.3. The van der Waals surface area contributed by atoms with E-state index in [1.807, 2.05) is 6.08 Å². The molecule has 1 amide bonds. The summed E-state index contributed by atoms with van der Waals surface area (Å²) in [6.45, 7) is 1.63. The van der Waals surface area contributed by atoms with Gasteiger partial charge in [0, 0.05) is 6.42 Å². The number of aliphatic hydroxyl groups is 11. The van der Waals surface area contributed by atoms with Crippen molar-refractivity contribution in [2.24, 2.45) is 0 Å². The highest BCUT2D eigenvalue weighted by Gasteiger charge is 2.53. The van der Waals surface area contributed by atoms with Crippen molar-refractivity contribution >= 4 is 5.91 Å². The molecular weight excluding hydrogens is 1170 g/mol. The van der Waals surface area contributed by atoms with Crippen molar-refractivity contribution in [1.82, 2.24) is 5.32 Å². The zero-order valence-electron chi connectivity index (χ0n) is 56.1. The Morgan fingerprint density at radius 3 is 1.21 bits per heavy atom. The minimum absolute atomic E-state index is 0.213. The van der Waals surface area contributed by atoms with Gasteiger partial charge in [-0.15, -0.1) is 0 Å². The number of unbranched alkanes of at least 4 members (excludes halogenated alkanes) is 31. The highest BCUT2D eigenvalue weighted by Crippen LogP contribution is 2.33. The van der Waals surface area contributed by atoms with E-state index in [1.54, 1.807) is 6.08 Å². The number of hydrogen-bond acceptors (Lipinski definition) is 18. The third-order valence-corrected chi connectivity index (χ3v) is 17.7. The monoisotopic (exact) mass is 1300 g/mol. The number of amides is 1. The van der Waals surface area contributed by atoms with E-state index in [9.17, 15) is 61.0 Å². The topological polar surface area (TPSA) is 307 Å². The molecule has 0 bridgehead atoms. The molecule has 3 fully saturated rings. The molecule has 0 aliphatic carbocycles. The van der Waals surface area contributed by atoms with Crippen molar-refractivity contribution in [3.05, 3.63) is 60.8 Å². The van der Waals surface area contributed by atoms with Crippen LogP contribution in [0, 0.1) is 0 Å². The normalized spacial score (nSPS) is 28.2. The van der Waals surface area contributed by atoms with Gasteiger partial charge in [-0.2, -0.15) is 0 Å². The van der Waals surface area contributed by atoms with Crippen molar-refractivity contribution in [3.63, 3.8) is 0 Å². The van der Waals surface area contributed by atoms with Crippen molar-refractivity contribution < 1.29 is 89.4 Å². The third-order valence-electron chi connectivity index (χ3n) is 17.7. The summed E-state index contributed by atoms with van der Waals surface area (Å²) >= 11 is 0. The number of hydrogen-bond donors (Lipinski definition) is 12. The summed E-state index contributed by atoms with van der Waals surface area (Å²) in [6, 6.07) is -1.01. The van der Waals surface area contributed by atoms with Gasteiger partial charge < -0.3 is 89.9 Å². The Balaban J connectivity index is 1.39. The molecule has 17 unspecified atom stereocenters. The van der Waals surface area contributed by atoms with Crippen LogP contribution in [-0.2, 0) is 33.2 Å². The lowest BCUT2D eigenvalue weighted by atomic mass is 9.96. The van der Waals surface area contributed by atoms with Crippen LogP contribution in [0.15, 0.2) is 60.8 Å². The molecule has 0 aromatic carbocycles. The highest BCUT2D eigenvalue weighted by molar-refractivity contribution is 5.76. The SMILES string of the molecule is CCC/C=C\C/C=C\CCCCCCCC(=O)NC(COC1OC(CO)C(OC2OC(CO)C(OC3OC(CO)C(O)C(O)C3O)C(O)C2O)C(O)C1O)C(O)/C=C/CC/C=C/CC/C=C/CCCCCCCCCCCCCCCCCCCCCCCCC. The average molecular weight is 1300 g/mol. The lowest BCUT2D eigenvalue weighted by Gasteiger charge is -2.48. The molecule has 0 saturated carbocycles. The fraction of sp³-hybridized carbons (Fsp3) is 0.847. The van der Waals surface area contributed by atoms with Crippen LogP contribution in [0.5, 0.6) is 0 Å². The Labute approximate surface area is 547 Å². The van der Waals surface area contributed by atoms with Crippen molar-refractivity contribution in [2.75, 3.05) is 26.4 Å². The highest BCUT2D eigenvalue weighted by atomic mass is 16.8. The molecule has 3 aliphatic rings. The van der Waals surface area contributed by atoms with Crippen molar-refractivity contribution in [1.29, 1.82) is 0 Å². The number of carbonyl (C=O) groups excluding carboxylic acids is 1. The molecule has 19 heteroatoms. The van der Waals surface area contributed by atoms with Gasteiger partial charge in [0.1, 0.15) is 73.2 Å². The van der Waals surface area contributed by atoms with Gasteiger partial charge in [0.15, 0.2) is 18.9 Å². The fourth-order valence-electron chi connectivity index (χ4n) is 11.9. The first-order valence-electron chi connectivity index (χ1n) is 36.0. The first-order valence-corrected chi connectivity index (χ1v) is 36.0. The van der Waals surface area contributed by atoms with Gasteiger partial charge in [0.2, 0.25) is 5.91 Å². The smallest absolute Gasteiger partial charge is 0.220 e. The van der Waals surface area contributed by atoms with E-state index in [1.165, 1.54) is 148 Å². The molecule has 0 aromatic rings. The summed E-state index contributed by atoms with van der Waals surface area (Å²) < 4.78 is 34.3. The third kappa shape index (κ3) is 35.4. The number of ether oxygens (including phenoxy) is 6. The van der Waals surface area contributed by atoms with Crippen LogP contribution in [0.25, 0.3) is 0 Å². The van der Waals surface area contributed by atoms with Crippen LogP contribution in [0.1, 0.15) is 258 Å². The minimum Gasteiger partial charge on any atom is -0.394 e. The second-order valence-electron chi connectivity index (χ2n) is 25.7. The zero-order chi connectivity index (χ0) is 66.1. The lowest BCUT2D eigenvalue weighted by Crippen LogP contribution is -2.66. The van der Waals surface area contributed by atoms with Crippen molar-refractivity contribution in [3.8, 4) is 0 Å². The predicted molar refractivity (Wildman–Crippen MR) is 355 cm³/mol. The van der Waals surface area contributed by atoms with Gasteiger partial charge >= 0.3 is 0 Å². The summed E-state index contributed by atoms with van der Waals surface area (Å²) in [5, 5.41) is 120. The van der Waals surface area contributed by atoms with Gasteiger partial charge in [0.25, 0.3) is 0 Å². The quantitative estimate of drug-likeness (QED) is 0.0199. The Morgan fingerprint density at radius 2 is 0.758 bits per heavy atom. The number of nitrogens with one attached hydrogen (secondary N) is 1. The maximum absolute atomic E-state index is 13.3. The van der Waals surface area contributed by atoms with Crippen LogP contribution < -0.4 is 5.32 Å². The van der Waals surface area contributed by atoms with E-state index in [0.717, 1.165) is 77.0 Å². The molecule has 17 atom stereocenters. The predicted octanol–water partition coefficient (Wildman–Crippen LogP) is 9.94. The van der Waals surface area contributed by atoms with E-state index < -0.39 is 124 Å². The van der Waals surface area contributed by atoms with Gasteiger partial charge in [-0.25, -0.2) is 0 Å². The largest absolute Gasteiger partial charge is 0.394 e. The molecular formula is C72H129NO18. The lowest BCUT2D eigenvalue weighted by molar-refractivity contribution is -0.379. The molecule has 3 heterocycles. The molecule has 0 radical (unpaired) electrons. The first-order chi connectivity index (χ1) is 44.3. The Hall–Kier alpha value is -2.51. The average Bonchev–Trinajstić information content (AvgIpc) is 0.877. The van der Waals surface area contributed by atoms with Crippen molar-refractivity contribution in [2.45, 2.75) is 362 Å². The summed E-state index contributed by atoms with van der Waals surface area (Å²) in [6.07, 6.45) is 39.5. The first kappa shape index (κ1) is 82.7. The van der Waals surface area contributed by atoms with E-state index >= 15 is 0 Å². The molecule has 530 valence electrons. The zero-order valence-corrected chi connectivity index (χ0v) is 56.1. The van der Waals surface area contributed by atoms with Gasteiger partial charge in [-0.3, -0.25) is 4.79 Å². The number of allylic oxidation sites excluding steroid dienone is 9. The molecule has 3 saturated heterocycles. The van der Waals surface area contributed by atoms with Crippen LogP contribution in [0.2, 0.25) is 0 Å². The molecule has 0 aromatic heterocycles. The molecule has 12 N–H and O–H groups in total. The van der Waals surface area contributed by atoms with E-state index in [4.69, 9.17) is 28.4 Å². The van der Waals surface area contributed by atoms with E-state index in [2.05, 4.69) is 67.8 Å². The van der Waals surface area contributed by atoms with Crippen LogP contribution >= 0.6 is 0 Å². The van der Waals surface area contributed by atoms with Crippen LogP contribution in [0.3, 0.4) is 0 Å². The fourth-order valence-corrected chi connectivity index (χ4v) is 11.9. The second kappa shape index (κ2) is 53.6. The van der Waals surface area contributed by atoms with Crippen LogP contribution in [0.4, 0.5) is 0 Å². The summed E-state index contributed by atoms with van der Waals surface area (Å²) in [5.74, 6) is -0.305.